The summed E-state index contributed by atoms with van der Waals surface area (Å²) in [6.07, 6.45) is 1.47. The molecule has 0 unspecified atom stereocenters. The first-order chi connectivity index (χ1) is 8.43. The Labute approximate surface area is 115 Å². The summed E-state index contributed by atoms with van der Waals surface area (Å²) in [6, 6.07) is 4.39. The molecule has 0 saturated carbocycles. The van der Waals surface area contributed by atoms with E-state index in [1.165, 1.54) is 24.3 Å². The van der Waals surface area contributed by atoms with Gasteiger partial charge in [-0.3, -0.25) is 0 Å². The lowest BCUT2D eigenvalue weighted by molar-refractivity contribution is 0.260. The van der Waals surface area contributed by atoms with Gasteiger partial charge in [-0.1, -0.05) is 6.08 Å². The standard InChI is InChI=1S/C11H15BrN2O3S/c1-2-5-14(6-7-15)18(16,17)9-3-4-11(13)10(12)8-9/h2-4,8,15H,1,5-7,13H2. The molecule has 100 valence electrons. The maximum absolute atomic E-state index is 12.3. The van der Waals surface area contributed by atoms with Crippen molar-refractivity contribution in [1.82, 2.24) is 4.31 Å². The minimum atomic E-state index is -3.65. The van der Waals surface area contributed by atoms with E-state index in [4.69, 9.17) is 10.8 Å². The van der Waals surface area contributed by atoms with Gasteiger partial charge in [0.1, 0.15) is 0 Å². The molecule has 18 heavy (non-hydrogen) atoms. The summed E-state index contributed by atoms with van der Waals surface area (Å²) in [5.74, 6) is 0. The molecule has 1 aromatic carbocycles. The predicted octanol–water partition coefficient (Wildman–Crippen LogP) is 1.20. The van der Waals surface area contributed by atoms with Crippen LogP contribution in [0.4, 0.5) is 5.69 Å². The van der Waals surface area contributed by atoms with Crippen LogP contribution in [0.25, 0.3) is 0 Å². The first kappa shape index (κ1) is 15.2. The topological polar surface area (TPSA) is 83.6 Å². The number of anilines is 1. The molecule has 0 aliphatic rings. The van der Waals surface area contributed by atoms with Crippen molar-refractivity contribution in [2.24, 2.45) is 0 Å². The molecule has 1 rings (SSSR count). The third kappa shape index (κ3) is 3.32. The minimum Gasteiger partial charge on any atom is -0.398 e. The molecule has 0 fully saturated rings. The first-order valence-electron chi connectivity index (χ1n) is 5.20. The van der Waals surface area contributed by atoms with E-state index in [1.54, 1.807) is 0 Å². The Hall–Kier alpha value is -0.890. The molecule has 0 radical (unpaired) electrons. The number of rotatable bonds is 6. The molecule has 1 aromatic rings. The van der Waals surface area contributed by atoms with Gasteiger partial charge in [0.15, 0.2) is 0 Å². The molecule has 5 nitrogen and oxygen atoms in total. The van der Waals surface area contributed by atoms with Crippen LogP contribution in [0.15, 0.2) is 40.2 Å². The van der Waals surface area contributed by atoms with Crippen LogP contribution in [-0.2, 0) is 10.0 Å². The van der Waals surface area contributed by atoms with Crippen LogP contribution in [0.5, 0.6) is 0 Å². The second-order valence-electron chi connectivity index (χ2n) is 3.56. The molecule has 0 bridgehead atoms. The summed E-state index contributed by atoms with van der Waals surface area (Å²) in [4.78, 5) is 0.124. The molecule has 0 aliphatic carbocycles. The van der Waals surface area contributed by atoms with Crippen molar-refractivity contribution in [1.29, 1.82) is 0 Å². The minimum absolute atomic E-state index is 0.0242. The van der Waals surface area contributed by atoms with E-state index < -0.39 is 10.0 Å². The quantitative estimate of drug-likeness (QED) is 0.604. The summed E-state index contributed by atoms with van der Waals surface area (Å²) in [5.41, 5.74) is 6.08. The number of sulfonamides is 1. The molecule has 0 aliphatic heterocycles. The number of hydrogen-bond acceptors (Lipinski definition) is 4. The highest BCUT2D eigenvalue weighted by Crippen LogP contribution is 2.25. The fourth-order valence-corrected chi connectivity index (χ4v) is 3.34. The molecule has 0 amide bonds. The molecular weight excluding hydrogens is 320 g/mol. The fraction of sp³-hybridized carbons (Fsp3) is 0.273. The van der Waals surface area contributed by atoms with Gasteiger partial charge in [-0.25, -0.2) is 8.42 Å². The van der Waals surface area contributed by atoms with Gasteiger partial charge in [0, 0.05) is 23.2 Å². The molecule has 0 spiro atoms. The summed E-state index contributed by atoms with van der Waals surface area (Å²) < 4.78 is 26.2. The van der Waals surface area contributed by atoms with Gasteiger partial charge in [-0.2, -0.15) is 4.31 Å². The molecule has 7 heteroatoms. The third-order valence-electron chi connectivity index (χ3n) is 2.29. The lowest BCUT2D eigenvalue weighted by atomic mass is 10.3. The number of hydrogen-bond donors (Lipinski definition) is 2. The monoisotopic (exact) mass is 334 g/mol. The average molecular weight is 335 g/mol. The van der Waals surface area contributed by atoms with Crippen molar-refractivity contribution in [3.05, 3.63) is 35.3 Å². The zero-order chi connectivity index (χ0) is 13.8. The van der Waals surface area contributed by atoms with E-state index >= 15 is 0 Å². The Morgan fingerprint density at radius 2 is 2.17 bits per heavy atom. The predicted molar refractivity (Wildman–Crippen MR) is 74.6 cm³/mol. The van der Waals surface area contributed by atoms with Gasteiger partial charge in [-0.15, -0.1) is 6.58 Å². The highest BCUT2D eigenvalue weighted by Gasteiger charge is 2.23. The Morgan fingerprint density at radius 1 is 1.50 bits per heavy atom. The zero-order valence-corrected chi connectivity index (χ0v) is 12.1. The number of aliphatic hydroxyl groups is 1. The second kappa shape index (κ2) is 6.33. The summed E-state index contributed by atoms with van der Waals surface area (Å²) in [6.45, 7) is 3.43. The average Bonchev–Trinajstić information content (AvgIpc) is 2.32. The largest absolute Gasteiger partial charge is 0.398 e. The van der Waals surface area contributed by atoms with E-state index in [-0.39, 0.29) is 24.6 Å². The van der Waals surface area contributed by atoms with Crippen LogP contribution in [0.1, 0.15) is 0 Å². The Morgan fingerprint density at radius 3 is 2.67 bits per heavy atom. The lowest BCUT2D eigenvalue weighted by Gasteiger charge is -2.19. The van der Waals surface area contributed by atoms with Gasteiger partial charge in [0.05, 0.1) is 11.5 Å². The number of benzene rings is 1. The maximum Gasteiger partial charge on any atom is 0.243 e. The molecule has 0 atom stereocenters. The SMILES string of the molecule is C=CCN(CCO)S(=O)(=O)c1ccc(N)c(Br)c1. The molecule has 0 heterocycles. The van der Waals surface area contributed by atoms with Crippen LogP contribution in [0.3, 0.4) is 0 Å². The van der Waals surface area contributed by atoms with Gasteiger partial charge < -0.3 is 10.8 Å². The Balaban J connectivity index is 3.17. The van der Waals surface area contributed by atoms with Crippen LogP contribution >= 0.6 is 15.9 Å². The van der Waals surface area contributed by atoms with E-state index in [0.29, 0.717) is 10.2 Å². The molecule has 3 N–H and O–H groups in total. The van der Waals surface area contributed by atoms with Gasteiger partial charge in [0.2, 0.25) is 10.0 Å². The van der Waals surface area contributed by atoms with Crippen LogP contribution < -0.4 is 5.73 Å². The smallest absolute Gasteiger partial charge is 0.243 e. The van der Waals surface area contributed by atoms with Crippen LogP contribution in [0, 0.1) is 0 Å². The fourth-order valence-electron chi connectivity index (χ4n) is 1.38. The van der Waals surface area contributed by atoms with Crippen molar-refractivity contribution in [2.75, 3.05) is 25.4 Å². The first-order valence-corrected chi connectivity index (χ1v) is 7.43. The summed E-state index contributed by atoms with van der Waals surface area (Å²) >= 11 is 3.19. The van der Waals surface area contributed by atoms with Crippen LogP contribution in [-0.4, -0.2) is 37.5 Å². The number of nitrogens with zero attached hydrogens (tertiary/aromatic N) is 1. The van der Waals surface area contributed by atoms with Crippen molar-refractivity contribution in [2.45, 2.75) is 4.90 Å². The number of aliphatic hydroxyl groups excluding tert-OH is 1. The maximum atomic E-state index is 12.3. The molecule has 0 aromatic heterocycles. The van der Waals surface area contributed by atoms with Crippen molar-refractivity contribution in [3.8, 4) is 0 Å². The van der Waals surface area contributed by atoms with Gasteiger partial charge in [-0.05, 0) is 34.1 Å². The summed E-state index contributed by atoms with van der Waals surface area (Å²) in [7, 11) is -3.65. The molecule has 0 saturated heterocycles. The summed E-state index contributed by atoms with van der Waals surface area (Å²) in [5, 5.41) is 8.90. The van der Waals surface area contributed by atoms with E-state index in [2.05, 4.69) is 22.5 Å². The van der Waals surface area contributed by atoms with Crippen molar-refractivity contribution < 1.29 is 13.5 Å². The zero-order valence-electron chi connectivity index (χ0n) is 9.71. The van der Waals surface area contributed by atoms with E-state index in [0.717, 1.165) is 4.31 Å². The van der Waals surface area contributed by atoms with E-state index in [1.807, 2.05) is 0 Å². The lowest BCUT2D eigenvalue weighted by Crippen LogP contribution is -2.33. The van der Waals surface area contributed by atoms with E-state index in [9.17, 15) is 8.42 Å². The third-order valence-corrected chi connectivity index (χ3v) is 4.84. The Kier molecular flexibility index (Phi) is 5.33. The second-order valence-corrected chi connectivity index (χ2v) is 6.35. The van der Waals surface area contributed by atoms with Gasteiger partial charge >= 0.3 is 0 Å². The van der Waals surface area contributed by atoms with Crippen molar-refractivity contribution in [3.63, 3.8) is 0 Å². The highest BCUT2D eigenvalue weighted by molar-refractivity contribution is 9.10. The number of nitrogens with two attached hydrogens (primary N) is 1. The number of halogens is 1. The van der Waals surface area contributed by atoms with Crippen LogP contribution in [0.2, 0.25) is 0 Å². The number of nitrogen functional groups attached to an aromatic ring is 1. The normalized spacial score (nSPS) is 11.7. The highest BCUT2D eigenvalue weighted by atomic mass is 79.9. The van der Waals surface area contributed by atoms with Crippen molar-refractivity contribution >= 4 is 31.6 Å². The van der Waals surface area contributed by atoms with Gasteiger partial charge in [0.25, 0.3) is 0 Å². The Bertz CT molecular complexity index is 531. The molecular formula is C11H15BrN2O3S.